The number of nitro benzene ring substituents is 1. The number of benzene rings is 2. The molecule has 0 bridgehead atoms. The molecule has 0 radical (unpaired) electrons. The molecule has 0 aromatic heterocycles. The van der Waals surface area contributed by atoms with Gasteiger partial charge in [-0.1, -0.05) is 13.0 Å². The zero-order valence-corrected chi connectivity index (χ0v) is 14.3. The molecular weight excluding hydrogens is 324 g/mol. The maximum absolute atomic E-state index is 12.2. The van der Waals surface area contributed by atoms with E-state index in [1.54, 1.807) is 20.3 Å². The first-order valence-electron chi connectivity index (χ1n) is 7.70. The number of rotatable bonds is 7. The Bertz CT molecular complexity index is 759. The minimum Gasteiger partial charge on any atom is -0.497 e. The Labute approximate surface area is 145 Å². The summed E-state index contributed by atoms with van der Waals surface area (Å²) in [4.78, 5) is 22.4. The molecule has 0 aliphatic carbocycles. The molecule has 0 saturated heterocycles. The summed E-state index contributed by atoms with van der Waals surface area (Å²) in [6, 6.07) is 11.2. The standard InChI is InChI=1S/C18H20N2O5/c1-12(16-9-8-15(24-2)11-17(16)25-3)10-18(21)19-13-4-6-14(7-5-13)20(22)23/h4-9,11-12H,10H2,1-3H3,(H,19,21). The highest BCUT2D eigenvalue weighted by Crippen LogP contribution is 2.32. The van der Waals surface area contributed by atoms with Gasteiger partial charge in [0.2, 0.25) is 5.91 Å². The van der Waals surface area contributed by atoms with E-state index in [2.05, 4.69) is 5.32 Å². The molecular formula is C18H20N2O5. The fraction of sp³-hybridized carbons (Fsp3) is 0.278. The Morgan fingerprint density at radius 2 is 1.84 bits per heavy atom. The van der Waals surface area contributed by atoms with Gasteiger partial charge < -0.3 is 14.8 Å². The van der Waals surface area contributed by atoms with Crippen LogP contribution in [0.15, 0.2) is 42.5 Å². The summed E-state index contributed by atoms with van der Waals surface area (Å²) in [6.45, 7) is 1.93. The number of carbonyl (C=O) groups excluding carboxylic acids is 1. The number of anilines is 1. The minimum atomic E-state index is -0.483. The molecule has 1 unspecified atom stereocenters. The molecule has 0 aliphatic heterocycles. The maximum atomic E-state index is 12.2. The Kier molecular flexibility index (Phi) is 5.94. The molecule has 25 heavy (non-hydrogen) atoms. The van der Waals surface area contributed by atoms with Crippen molar-refractivity contribution < 1.29 is 19.2 Å². The maximum Gasteiger partial charge on any atom is 0.269 e. The van der Waals surface area contributed by atoms with Gasteiger partial charge in [-0.25, -0.2) is 0 Å². The van der Waals surface area contributed by atoms with Crippen molar-refractivity contribution in [2.24, 2.45) is 0 Å². The van der Waals surface area contributed by atoms with Crippen LogP contribution in [0, 0.1) is 10.1 Å². The molecule has 0 saturated carbocycles. The van der Waals surface area contributed by atoms with Crippen molar-refractivity contribution in [3.05, 3.63) is 58.1 Å². The molecule has 7 nitrogen and oxygen atoms in total. The number of nitrogens with zero attached hydrogens (tertiary/aromatic N) is 1. The van der Waals surface area contributed by atoms with E-state index in [-0.39, 0.29) is 23.9 Å². The second kappa shape index (κ2) is 8.14. The SMILES string of the molecule is COc1ccc(C(C)CC(=O)Nc2ccc([N+](=O)[O-])cc2)c(OC)c1. The molecule has 2 rings (SSSR count). The van der Waals surface area contributed by atoms with Gasteiger partial charge in [-0.05, 0) is 29.7 Å². The molecule has 7 heteroatoms. The zero-order valence-electron chi connectivity index (χ0n) is 14.3. The van der Waals surface area contributed by atoms with E-state index >= 15 is 0 Å². The van der Waals surface area contributed by atoms with Gasteiger partial charge in [-0.2, -0.15) is 0 Å². The Morgan fingerprint density at radius 1 is 1.16 bits per heavy atom. The Balaban J connectivity index is 2.03. The fourth-order valence-electron chi connectivity index (χ4n) is 2.49. The van der Waals surface area contributed by atoms with Crippen LogP contribution >= 0.6 is 0 Å². The lowest BCUT2D eigenvalue weighted by Crippen LogP contribution is -2.14. The highest BCUT2D eigenvalue weighted by atomic mass is 16.6. The van der Waals surface area contributed by atoms with Crippen LogP contribution in [0.3, 0.4) is 0 Å². The van der Waals surface area contributed by atoms with Gasteiger partial charge in [0.1, 0.15) is 11.5 Å². The summed E-state index contributed by atoms with van der Waals surface area (Å²) in [5, 5.41) is 13.4. The first-order chi connectivity index (χ1) is 11.9. The number of nitro groups is 1. The normalized spacial score (nSPS) is 11.5. The summed E-state index contributed by atoms with van der Waals surface area (Å²) >= 11 is 0. The van der Waals surface area contributed by atoms with Crippen LogP contribution < -0.4 is 14.8 Å². The van der Waals surface area contributed by atoms with E-state index in [1.807, 2.05) is 19.1 Å². The predicted molar refractivity (Wildman–Crippen MR) is 94.3 cm³/mol. The monoisotopic (exact) mass is 344 g/mol. The average molecular weight is 344 g/mol. The van der Waals surface area contributed by atoms with E-state index in [4.69, 9.17) is 9.47 Å². The topological polar surface area (TPSA) is 90.7 Å². The molecule has 1 N–H and O–H groups in total. The van der Waals surface area contributed by atoms with Gasteiger partial charge in [0.25, 0.3) is 5.69 Å². The lowest BCUT2D eigenvalue weighted by Gasteiger charge is -2.16. The molecule has 2 aromatic carbocycles. The molecule has 0 heterocycles. The summed E-state index contributed by atoms with van der Waals surface area (Å²) < 4.78 is 10.5. The zero-order chi connectivity index (χ0) is 18.4. The van der Waals surface area contributed by atoms with Gasteiger partial charge in [0.15, 0.2) is 0 Å². The highest BCUT2D eigenvalue weighted by Gasteiger charge is 2.16. The average Bonchev–Trinajstić information content (AvgIpc) is 2.61. The molecule has 0 spiro atoms. The van der Waals surface area contributed by atoms with E-state index < -0.39 is 4.92 Å². The lowest BCUT2D eigenvalue weighted by atomic mass is 9.96. The highest BCUT2D eigenvalue weighted by molar-refractivity contribution is 5.91. The number of hydrogen-bond acceptors (Lipinski definition) is 5. The largest absolute Gasteiger partial charge is 0.497 e. The Morgan fingerprint density at radius 3 is 2.40 bits per heavy atom. The summed E-state index contributed by atoms with van der Waals surface area (Å²) in [5.74, 6) is 1.09. The third-order valence-corrected chi connectivity index (χ3v) is 3.83. The quantitative estimate of drug-likeness (QED) is 0.610. The number of hydrogen-bond donors (Lipinski definition) is 1. The van der Waals surface area contributed by atoms with Crippen LogP contribution in [0.4, 0.5) is 11.4 Å². The van der Waals surface area contributed by atoms with Crippen molar-refractivity contribution in [2.75, 3.05) is 19.5 Å². The van der Waals surface area contributed by atoms with Crippen molar-refractivity contribution in [1.29, 1.82) is 0 Å². The first-order valence-corrected chi connectivity index (χ1v) is 7.70. The molecule has 1 atom stereocenters. The van der Waals surface area contributed by atoms with E-state index in [0.717, 1.165) is 5.56 Å². The van der Waals surface area contributed by atoms with Crippen molar-refractivity contribution in [2.45, 2.75) is 19.3 Å². The van der Waals surface area contributed by atoms with Gasteiger partial charge in [-0.3, -0.25) is 14.9 Å². The van der Waals surface area contributed by atoms with Crippen molar-refractivity contribution in [3.63, 3.8) is 0 Å². The van der Waals surface area contributed by atoms with Gasteiger partial charge in [-0.15, -0.1) is 0 Å². The molecule has 132 valence electrons. The number of ether oxygens (including phenoxy) is 2. The Hall–Kier alpha value is -3.09. The van der Waals surface area contributed by atoms with Crippen molar-refractivity contribution >= 4 is 17.3 Å². The molecule has 0 aliphatic rings. The van der Waals surface area contributed by atoms with Gasteiger partial charge in [0, 0.05) is 30.3 Å². The van der Waals surface area contributed by atoms with Crippen LogP contribution in [0.5, 0.6) is 11.5 Å². The number of carbonyl (C=O) groups is 1. The second-order valence-electron chi connectivity index (χ2n) is 5.57. The third kappa shape index (κ3) is 4.69. The second-order valence-corrected chi connectivity index (χ2v) is 5.57. The summed E-state index contributed by atoms with van der Waals surface area (Å²) in [6.07, 6.45) is 0.250. The molecule has 1 amide bonds. The molecule has 0 fully saturated rings. The molecule has 2 aromatic rings. The van der Waals surface area contributed by atoms with Crippen LogP contribution in [0.1, 0.15) is 24.8 Å². The van der Waals surface area contributed by atoms with E-state index in [0.29, 0.717) is 17.2 Å². The van der Waals surface area contributed by atoms with Crippen LogP contribution in [0.2, 0.25) is 0 Å². The van der Waals surface area contributed by atoms with Crippen molar-refractivity contribution in [1.82, 2.24) is 0 Å². The predicted octanol–water partition coefficient (Wildman–Crippen LogP) is 3.74. The van der Waals surface area contributed by atoms with E-state index in [9.17, 15) is 14.9 Å². The number of nitrogens with one attached hydrogen (secondary N) is 1. The number of non-ortho nitro benzene ring substituents is 1. The van der Waals surface area contributed by atoms with E-state index in [1.165, 1.54) is 24.3 Å². The smallest absolute Gasteiger partial charge is 0.269 e. The lowest BCUT2D eigenvalue weighted by molar-refractivity contribution is -0.384. The number of amides is 1. The van der Waals surface area contributed by atoms with Crippen LogP contribution in [-0.2, 0) is 4.79 Å². The summed E-state index contributed by atoms with van der Waals surface area (Å²) in [7, 11) is 3.15. The van der Waals surface area contributed by atoms with Crippen LogP contribution in [0.25, 0.3) is 0 Å². The minimum absolute atomic E-state index is 0.0191. The summed E-state index contributed by atoms with van der Waals surface area (Å²) in [5.41, 5.74) is 1.40. The fourth-order valence-corrected chi connectivity index (χ4v) is 2.49. The van der Waals surface area contributed by atoms with Gasteiger partial charge >= 0.3 is 0 Å². The van der Waals surface area contributed by atoms with Gasteiger partial charge in [0.05, 0.1) is 19.1 Å². The third-order valence-electron chi connectivity index (χ3n) is 3.83. The first kappa shape index (κ1) is 18.3. The number of methoxy groups -OCH3 is 2. The van der Waals surface area contributed by atoms with Crippen LogP contribution in [-0.4, -0.2) is 25.1 Å². The van der Waals surface area contributed by atoms with Crippen molar-refractivity contribution in [3.8, 4) is 11.5 Å².